The number of ether oxygens (including phenoxy) is 1. The van der Waals surface area contributed by atoms with Gasteiger partial charge >= 0.3 is 0 Å². The van der Waals surface area contributed by atoms with Crippen LogP contribution in [0, 0.1) is 0 Å². The lowest BCUT2D eigenvalue weighted by atomic mass is 10.1. The van der Waals surface area contributed by atoms with Crippen LogP contribution < -0.4 is 10.9 Å². The van der Waals surface area contributed by atoms with Crippen molar-refractivity contribution >= 4 is 16.8 Å². The van der Waals surface area contributed by atoms with Gasteiger partial charge in [0.15, 0.2) is 0 Å². The first kappa shape index (κ1) is 20.3. The molecule has 2 aromatic heterocycles. The number of rotatable bonds is 6. The van der Waals surface area contributed by atoms with Gasteiger partial charge in [0, 0.05) is 49.6 Å². The van der Waals surface area contributed by atoms with Crippen LogP contribution in [0.4, 0.5) is 0 Å². The Balaban J connectivity index is 1.38. The number of aromatic nitrogens is 2. The SMILES string of the molecule is CN(Cc1ccc(C(=O)NCc2cnc3ccccc3c2)c(=O)[nH]1)C1CCOCC1. The lowest BCUT2D eigenvalue weighted by molar-refractivity contribution is 0.0403. The molecule has 1 aliphatic heterocycles. The van der Waals surface area contributed by atoms with Crippen LogP contribution >= 0.6 is 0 Å². The molecule has 1 saturated heterocycles. The number of carbonyl (C=O) groups is 1. The highest BCUT2D eigenvalue weighted by atomic mass is 16.5. The number of nitrogens with zero attached hydrogens (tertiary/aromatic N) is 2. The number of pyridine rings is 2. The van der Waals surface area contributed by atoms with Crippen molar-refractivity contribution in [1.82, 2.24) is 20.2 Å². The highest BCUT2D eigenvalue weighted by Crippen LogP contribution is 2.15. The number of amides is 1. The maximum Gasteiger partial charge on any atom is 0.261 e. The summed E-state index contributed by atoms with van der Waals surface area (Å²) in [4.78, 5) is 34.4. The molecule has 1 fully saturated rings. The lowest BCUT2D eigenvalue weighted by Crippen LogP contribution is -2.37. The fourth-order valence-electron chi connectivity index (χ4n) is 3.80. The highest BCUT2D eigenvalue weighted by Gasteiger charge is 2.19. The molecule has 0 spiro atoms. The van der Waals surface area contributed by atoms with Crippen molar-refractivity contribution in [1.29, 1.82) is 0 Å². The van der Waals surface area contributed by atoms with E-state index in [-0.39, 0.29) is 11.1 Å². The van der Waals surface area contributed by atoms with E-state index in [4.69, 9.17) is 4.74 Å². The van der Waals surface area contributed by atoms with Gasteiger partial charge < -0.3 is 15.0 Å². The quantitative estimate of drug-likeness (QED) is 0.657. The Labute approximate surface area is 175 Å². The number of para-hydroxylation sites is 1. The second-order valence-corrected chi connectivity index (χ2v) is 7.70. The lowest BCUT2D eigenvalue weighted by Gasteiger charge is -2.31. The standard InChI is InChI=1S/C23H26N4O3/c1-27(19-8-10-30-11-9-19)15-18-6-7-20(23(29)26-18)22(28)25-14-16-12-17-4-2-3-5-21(17)24-13-16/h2-7,12-13,19H,8-11,14-15H2,1H3,(H,25,28)(H,26,29). The first-order valence-electron chi connectivity index (χ1n) is 10.2. The van der Waals surface area contributed by atoms with Gasteiger partial charge in [0.25, 0.3) is 11.5 Å². The van der Waals surface area contributed by atoms with E-state index in [1.165, 1.54) is 0 Å². The molecule has 2 N–H and O–H groups in total. The topological polar surface area (TPSA) is 87.3 Å². The Morgan fingerprint density at radius 2 is 2.03 bits per heavy atom. The molecule has 1 amide bonds. The summed E-state index contributed by atoms with van der Waals surface area (Å²) in [6.45, 7) is 2.49. The third kappa shape index (κ3) is 4.75. The zero-order valence-corrected chi connectivity index (χ0v) is 17.1. The molecule has 1 aromatic carbocycles. The van der Waals surface area contributed by atoms with Crippen molar-refractivity contribution in [2.24, 2.45) is 0 Å². The Morgan fingerprint density at radius 1 is 1.23 bits per heavy atom. The summed E-state index contributed by atoms with van der Waals surface area (Å²) < 4.78 is 5.40. The number of carbonyl (C=O) groups excluding carboxylic acids is 1. The Morgan fingerprint density at radius 3 is 2.83 bits per heavy atom. The molecule has 0 bridgehead atoms. The zero-order valence-electron chi connectivity index (χ0n) is 17.1. The summed E-state index contributed by atoms with van der Waals surface area (Å²) in [6.07, 6.45) is 3.72. The van der Waals surface area contributed by atoms with Gasteiger partial charge in [0.2, 0.25) is 0 Å². The summed E-state index contributed by atoms with van der Waals surface area (Å²) >= 11 is 0. The van der Waals surface area contributed by atoms with Gasteiger partial charge in [-0.1, -0.05) is 18.2 Å². The molecule has 0 radical (unpaired) electrons. The van der Waals surface area contributed by atoms with Crippen LogP contribution in [0.2, 0.25) is 0 Å². The number of aromatic amines is 1. The van der Waals surface area contributed by atoms with E-state index < -0.39 is 5.91 Å². The van der Waals surface area contributed by atoms with E-state index in [9.17, 15) is 9.59 Å². The van der Waals surface area contributed by atoms with E-state index in [1.54, 1.807) is 12.3 Å². The molecule has 7 heteroatoms. The van der Waals surface area contributed by atoms with Crippen LogP contribution in [-0.2, 0) is 17.8 Å². The Kier molecular flexibility index (Phi) is 6.21. The summed E-state index contributed by atoms with van der Waals surface area (Å²) in [5.74, 6) is -0.395. The van der Waals surface area contributed by atoms with E-state index in [2.05, 4.69) is 20.2 Å². The molecule has 3 heterocycles. The fraction of sp³-hybridized carbons (Fsp3) is 0.348. The fourth-order valence-corrected chi connectivity index (χ4v) is 3.80. The molecule has 0 atom stereocenters. The zero-order chi connectivity index (χ0) is 20.9. The molecule has 156 valence electrons. The van der Waals surface area contributed by atoms with E-state index in [0.29, 0.717) is 19.1 Å². The third-order valence-electron chi connectivity index (χ3n) is 5.55. The Hall–Kier alpha value is -3.03. The van der Waals surface area contributed by atoms with Gasteiger partial charge in [-0.2, -0.15) is 0 Å². The van der Waals surface area contributed by atoms with Gasteiger partial charge in [0.1, 0.15) is 5.56 Å². The number of nitrogens with one attached hydrogen (secondary N) is 2. The Bertz CT molecular complexity index is 1090. The van der Waals surface area contributed by atoms with Crippen LogP contribution in [0.3, 0.4) is 0 Å². The first-order valence-corrected chi connectivity index (χ1v) is 10.2. The molecule has 0 saturated carbocycles. The number of hydrogen-bond acceptors (Lipinski definition) is 5. The molecule has 1 aliphatic rings. The van der Waals surface area contributed by atoms with Crippen LogP contribution in [0.5, 0.6) is 0 Å². The van der Waals surface area contributed by atoms with E-state index in [1.807, 2.05) is 43.4 Å². The van der Waals surface area contributed by atoms with Crippen molar-refractivity contribution in [2.75, 3.05) is 20.3 Å². The smallest absolute Gasteiger partial charge is 0.261 e. The van der Waals surface area contributed by atoms with Crippen molar-refractivity contribution in [3.05, 3.63) is 75.8 Å². The van der Waals surface area contributed by atoms with Gasteiger partial charge in [-0.3, -0.25) is 19.5 Å². The predicted molar refractivity (Wildman–Crippen MR) is 115 cm³/mol. The average molecular weight is 406 g/mol. The van der Waals surface area contributed by atoms with Crippen LogP contribution in [-0.4, -0.2) is 47.1 Å². The molecule has 0 aliphatic carbocycles. The monoisotopic (exact) mass is 406 g/mol. The average Bonchev–Trinajstić information content (AvgIpc) is 2.78. The minimum atomic E-state index is -0.395. The number of hydrogen-bond donors (Lipinski definition) is 2. The van der Waals surface area contributed by atoms with Crippen LogP contribution in [0.1, 0.15) is 34.5 Å². The van der Waals surface area contributed by atoms with E-state index in [0.717, 1.165) is 48.2 Å². The van der Waals surface area contributed by atoms with Crippen molar-refractivity contribution in [3.63, 3.8) is 0 Å². The van der Waals surface area contributed by atoms with Crippen molar-refractivity contribution in [3.8, 4) is 0 Å². The number of H-pyrrole nitrogens is 1. The van der Waals surface area contributed by atoms with Gasteiger partial charge in [0.05, 0.1) is 5.52 Å². The molecule has 3 aromatic rings. The summed E-state index contributed by atoms with van der Waals surface area (Å²) in [5.41, 5.74) is 2.33. The first-order chi connectivity index (χ1) is 14.6. The summed E-state index contributed by atoms with van der Waals surface area (Å²) in [6, 6.07) is 13.7. The minimum Gasteiger partial charge on any atom is -0.381 e. The normalized spacial score (nSPS) is 14.9. The van der Waals surface area contributed by atoms with Gasteiger partial charge in [-0.15, -0.1) is 0 Å². The van der Waals surface area contributed by atoms with E-state index >= 15 is 0 Å². The van der Waals surface area contributed by atoms with Crippen molar-refractivity contribution in [2.45, 2.75) is 32.0 Å². The minimum absolute atomic E-state index is 0.112. The molecular weight excluding hydrogens is 380 g/mol. The largest absolute Gasteiger partial charge is 0.381 e. The summed E-state index contributed by atoms with van der Waals surface area (Å²) in [5, 5.41) is 3.82. The molecule has 4 rings (SSSR count). The van der Waals surface area contributed by atoms with Crippen molar-refractivity contribution < 1.29 is 9.53 Å². The predicted octanol–water partition coefficient (Wildman–Crippen LogP) is 2.46. The van der Waals surface area contributed by atoms with Gasteiger partial charge in [-0.25, -0.2) is 0 Å². The molecular formula is C23H26N4O3. The maximum absolute atomic E-state index is 12.5. The molecule has 30 heavy (non-hydrogen) atoms. The second-order valence-electron chi connectivity index (χ2n) is 7.70. The van der Waals surface area contributed by atoms with Crippen LogP contribution in [0.15, 0.2) is 53.5 Å². The molecule has 0 unspecified atom stereocenters. The number of fused-ring (bicyclic) bond motifs is 1. The summed E-state index contributed by atoms with van der Waals surface area (Å²) in [7, 11) is 2.05. The van der Waals surface area contributed by atoms with Crippen LogP contribution in [0.25, 0.3) is 10.9 Å². The molecule has 7 nitrogen and oxygen atoms in total. The maximum atomic E-state index is 12.5. The highest BCUT2D eigenvalue weighted by molar-refractivity contribution is 5.93. The third-order valence-corrected chi connectivity index (χ3v) is 5.55. The number of benzene rings is 1. The van der Waals surface area contributed by atoms with Gasteiger partial charge in [-0.05, 0) is 49.7 Å². The second kappa shape index (κ2) is 9.19.